The lowest BCUT2D eigenvalue weighted by Gasteiger charge is -2.34. The van der Waals surface area contributed by atoms with Crippen LogP contribution in [0.5, 0.6) is 5.75 Å². The molecule has 0 spiro atoms. The number of anilines is 3. The lowest BCUT2D eigenvalue weighted by molar-refractivity contribution is 0.102. The number of nitrogens with one attached hydrogen (secondary N) is 3. The van der Waals surface area contributed by atoms with E-state index < -0.39 is 11.6 Å². The third-order valence-corrected chi connectivity index (χ3v) is 7.54. The van der Waals surface area contributed by atoms with Crippen LogP contribution < -0.4 is 20.3 Å². The van der Waals surface area contributed by atoms with Crippen LogP contribution in [0.4, 0.5) is 26.0 Å². The Morgan fingerprint density at radius 1 is 0.907 bits per heavy atom. The van der Waals surface area contributed by atoms with Crippen LogP contribution >= 0.6 is 0 Å². The van der Waals surface area contributed by atoms with E-state index in [0.717, 1.165) is 49.2 Å². The molecule has 0 unspecified atom stereocenters. The molecule has 2 heterocycles. The minimum Gasteiger partial charge on any atom is -0.489 e. The molecule has 3 N–H and O–H groups in total. The highest BCUT2D eigenvalue weighted by Crippen LogP contribution is 2.29. The Bertz CT molecular complexity index is 1710. The molecule has 1 saturated heterocycles. The number of halogens is 2. The first-order chi connectivity index (χ1) is 20.9. The Labute approximate surface area is 248 Å². The highest BCUT2D eigenvalue weighted by molar-refractivity contribution is 6.11. The summed E-state index contributed by atoms with van der Waals surface area (Å²) in [5.41, 5.74) is 4.45. The predicted octanol–water partition coefficient (Wildman–Crippen LogP) is 6.04. The molecule has 1 fully saturated rings. The Kier molecular flexibility index (Phi) is 8.19. The third-order valence-electron chi connectivity index (χ3n) is 7.54. The van der Waals surface area contributed by atoms with Crippen LogP contribution in [0, 0.1) is 11.6 Å². The van der Waals surface area contributed by atoms with Gasteiger partial charge in [0.15, 0.2) is 5.82 Å². The normalized spacial score (nSPS) is 13.7. The van der Waals surface area contributed by atoms with Gasteiger partial charge in [0.25, 0.3) is 5.91 Å². The molecular formula is C33H32F2N6O2. The van der Waals surface area contributed by atoms with Gasteiger partial charge in [0.05, 0.1) is 11.1 Å². The summed E-state index contributed by atoms with van der Waals surface area (Å²) in [5, 5.41) is 14.3. The Hall–Kier alpha value is -4.96. The van der Waals surface area contributed by atoms with Gasteiger partial charge in [-0.1, -0.05) is 30.3 Å². The van der Waals surface area contributed by atoms with Crippen LogP contribution in [0.1, 0.15) is 21.5 Å². The van der Waals surface area contributed by atoms with E-state index in [1.807, 2.05) is 48.5 Å². The van der Waals surface area contributed by atoms with E-state index in [1.54, 1.807) is 18.2 Å². The second-order valence-electron chi connectivity index (χ2n) is 10.7. The number of carbonyl (C=O) groups excluding carboxylic acids is 1. The number of amides is 1. The molecule has 1 aromatic heterocycles. The lowest BCUT2D eigenvalue weighted by Crippen LogP contribution is -2.44. The zero-order valence-electron chi connectivity index (χ0n) is 23.7. The van der Waals surface area contributed by atoms with Gasteiger partial charge in [0.1, 0.15) is 24.0 Å². The number of piperazine rings is 1. The summed E-state index contributed by atoms with van der Waals surface area (Å²) in [6.07, 6.45) is 0. The maximum Gasteiger partial charge on any atom is 0.258 e. The van der Waals surface area contributed by atoms with Crippen molar-refractivity contribution in [3.8, 4) is 5.75 Å². The fourth-order valence-electron chi connectivity index (χ4n) is 5.15. The van der Waals surface area contributed by atoms with E-state index in [1.165, 1.54) is 12.1 Å². The van der Waals surface area contributed by atoms with Crippen molar-refractivity contribution in [2.75, 3.05) is 48.8 Å². The summed E-state index contributed by atoms with van der Waals surface area (Å²) in [5.74, 6) is -0.822. The van der Waals surface area contributed by atoms with Gasteiger partial charge in [-0.3, -0.25) is 9.89 Å². The summed E-state index contributed by atoms with van der Waals surface area (Å²) in [6, 6.07) is 24.4. The number of ether oxygens (including phenoxy) is 1. The van der Waals surface area contributed by atoms with Crippen molar-refractivity contribution in [2.45, 2.75) is 13.2 Å². The largest absolute Gasteiger partial charge is 0.489 e. The van der Waals surface area contributed by atoms with Crippen LogP contribution in [0.2, 0.25) is 0 Å². The minimum absolute atomic E-state index is 0.0180. The molecule has 0 radical (unpaired) electrons. The number of nitrogens with zero attached hydrogens (tertiary/aromatic N) is 3. The molecule has 0 aliphatic carbocycles. The number of H-pyrrole nitrogens is 1. The molecule has 8 nitrogen and oxygen atoms in total. The number of hydrogen-bond donors (Lipinski definition) is 3. The number of aromatic amines is 1. The number of carbonyl (C=O) groups is 1. The molecule has 220 valence electrons. The van der Waals surface area contributed by atoms with Crippen molar-refractivity contribution in [1.82, 2.24) is 15.1 Å². The van der Waals surface area contributed by atoms with Gasteiger partial charge in [0, 0.05) is 55.6 Å². The molecule has 1 aliphatic rings. The van der Waals surface area contributed by atoms with Crippen molar-refractivity contribution >= 4 is 34.0 Å². The van der Waals surface area contributed by atoms with Crippen LogP contribution in [0.25, 0.3) is 10.9 Å². The number of benzene rings is 4. The van der Waals surface area contributed by atoms with Gasteiger partial charge < -0.3 is 25.2 Å². The van der Waals surface area contributed by atoms with E-state index in [9.17, 15) is 13.6 Å². The van der Waals surface area contributed by atoms with Crippen molar-refractivity contribution in [3.63, 3.8) is 0 Å². The monoisotopic (exact) mass is 582 g/mol. The van der Waals surface area contributed by atoms with Gasteiger partial charge in [-0.15, -0.1) is 0 Å². The van der Waals surface area contributed by atoms with Crippen LogP contribution in [-0.2, 0) is 13.2 Å². The average Bonchev–Trinajstić information content (AvgIpc) is 3.41. The van der Waals surface area contributed by atoms with E-state index in [-0.39, 0.29) is 12.5 Å². The quantitative estimate of drug-likeness (QED) is 0.197. The molecule has 0 bridgehead atoms. The molecule has 10 heteroatoms. The van der Waals surface area contributed by atoms with Crippen molar-refractivity contribution in [3.05, 3.63) is 113 Å². The second kappa shape index (κ2) is 12.5. The Morgan fingerprint density at radius 3 is 2.44 bits per heavy atom. The number of likely N-dealkylation sites (N-methyl/N-ethyl adjacent to an activating group) is 1. The van der Waals surface area contributed by atoms with Crippen molar-refractivity contribution in [2.24, 2.45) is 0 Å². The van der Waals surface area contributed by atoms with Crippen LogP contribution in [0.15, 0.2) is 84.9 Å². The fourth-order valence-corrected chi connectivity index (χ4v) is 5.15. The predicted molar refractivity (Wildman–Crippen MR) is 165 cm³/mol. The van der Waals surface area contributed by atoms with Crippen molar-refractivity contribution < 1.29 is 18.3 Å². The summed E-state index contributed by atoms with van der Waals surface area (Å²) in [6.45, 7) is 4.33. The fraction of sp³-hybridized carbons (Fsp3) is 0.212. The maximum absolute atomic E-state index is 13.7. The molecule has 1 amide bonds. The van der Waals surface area contributed by atoms with E-state index >= 15 is 0 Å². The second-order valence-corrected chi connectivity index (χ2v) is 10.7. The minimum atomic E-state index is -0.664. The highest BCUT2D eigenvalue weighted by Gasteiger charge is 2.19. The molecule has 43 heavy (non-hydrogen) atoms. The van der Waals surface area contributed by atoms with Gasteiger partial charge in [-0.25, -0.2) is 8.78 Å². The number of aromatic nitrogens is 2. The SMILES string of the molecule is CN1CCN(c2ccc(C(=O)Nc3n[nH]c4ccc(OCc5cc(F)cc(F)c5)cc34)c(NCc3ccccc3)c2)CC1. The van der Waals surface area contributed by atoms with Gasteiger partial charge in [0.2, 0.25) is 0 Å². The summed E-state index contributed by atoms with van der Waals surface area (Å²) in [7, 11) is 2.12. The Morgan fingerprint density at radius 2 is 1.67 bits per heavy atom. The molecule has 0 atom stereocenters. The van der Waals surface area contributed by atoms with Crippen molar-refractivity contribution in [1.29, 1.82) is 0 Å². The third kappa shape index (κ3) is 6.76. The molecule has 5 aromatic rings. The van der Waals surface area contributed by atoms with E-state index in [0.29, 0.717) is 40.1 Å². The first-order valence-electron chi connectivity index (χ1n) is 14.1. The number of fused-ring (bicyclic) bond motifs is 1. The first-order valence-corrected chi connectivity index (χ1v) is 14.1. The molecule has 0 saturated carbocycles. The topological polar surface area (TPSA) is 85.5 Å². The van der Waals surface area contributed by atoms with Crippen LogP contribution in [0.3, 0.4) is 0 Å². The van der Waals surface area contributed by atoms with E-state index in [4.69, 9.17) is 4.74 Å². The Balaban J connectivity index is 1.22. The smallest absolute Gasteiger partial charge is 0.258 e. The van der Waals surface area contributed by atoms with E-state index in [2.05, 4.69) is 37.7 Å². The molecular weight excluding hydrogens is 550 g/mol. The zero-order chi connectivity index (χ0) is 29.8. The van der Waals surface area contributed by atoms with Crippen LogP contribution in [-0.4, -0.2) is 54.2 Å². The molecule has 1 aliphatic heterocycles. The lowest BCUT2D eigenvalue weighted by atomic mass is 10.1. The average molecular weight is 583 g/mol. The highest BCUT2D eigenvalue weighted by atomic mass is 19.1. The van der Waals surface area contributed by atoms with Gasteiger partial charge in [-0.2, -0.15) is 5.10 Å². The number of hydrogen-bond acceptors (Lipinski definition) is 6. The van der Waals surface area contributed by atoms with Gasteiger partial charge >= 0.3 is 0 Å². The summed E-state index contributed by atoms with van der Waals surface area (Å²) < 4.78 is 32.9. The van der Waals surface area contributed by atoms with Gasteiger partial charge in [-0.05, 0) is 66.7 Å². The molecule has 6 rings (SSSR count). The number of rotatable bonds is 9. The summed E-state index contributed by atoms with van der Waals surface area (Å²) in [4.78, 5) is 18.3. The summed E-state index contributed by atoms with van der Waals surface area (Å²) >= 11 is 0. The maximum atomic E-state index is 13.7. The standard InChI is InChI=1S/C33H32F2N6O2/c1-40-11-13-41(14-12-40)26-7-9-28(31(18-26)36-20-22-5-3-2-4-6-22)33(42)37-32-29-19-27(8-10-30(29)38-39-32)43-21-23-15-24(34)17-25(35)16-23/h2-10,15-19,36H,11-14,20-21H2,1H3,(H2,37,38,39,42). The molecule has 4 aromatic carbocycles. The zero-order valence-corrected chi connectivity index (χ0v) is 23.7. The first kappa shape index (κ1) is 28.2.